The maximum absolute atomic E-state index is 13.4. The third-order valence-corrected chi connectivity index (χ3v) is 6.99. The molecule has 174 valence electrons. The van der Waals surface area contributed by atoms with Gasteiger partial charge in [0.15, 0.2) is 0 Å². The topological polar surface area (TPSA) is 88.4 Å². The Morgan fingerprint density at radius 2 is 1.88 bits per heavy atom. The van der Waals surface area contributed by atoms with Gasteiger partial charge in [0.25, 0.3) is 5.91 Å². The zero-order valence-electron chi connectivity index (χ0n) is 19.3. The number of piperidine rings is 1. The van der Waals surface area contributed by atoms with E-state index < -0.39 is 17.5 Å². The lowest BCUT2D eigenvalue weighted by Crippen LogP contribution is -2.42. The lowest BCUT2D eigenvalue weighted by Gasteiger charge is -2.32. The molecule has 1 amide bonds. The molecule has 0 radical (unpaired) electrons. The molecule has 0 bridgehead atoms. The first-order valence-corrected chi connectivity index (χ1v) is 11.3. The third-order valence-electron chi connectivity index (χ3n) is 6.99. The molecule has 2 heterocycles. The van der Waals surface area contributed by atoms with Crippen LogP contribution in [-0.2, 0) is 16.1 Å². The second kappa shape index (κ2) is 9.25. The fraction of sp³-hybridized carbons (Fsp3) is 0.423. The van der Waals surface area contributed by atoms with E-state index in [-0.39, 0.29) is 5.91 Å². The smallest absolute Gasteiger partial charge is 0.351 e. The summed E-state index contributed by atoms with van der Waals surface area (Å²) in [5.41, 5.74) is 1.53. The lowest BCUT2D eigenvalue weighted by atomic mass is 9.84. The van der Waals surface area contributed by atoms with Crippen LogP contribution >= 0.6 is 0 Å². The van der Waals surface area contributed by atoms with Crippen molar-refractivity contribution in [3.05, 3.63) is 65.2 Å². The molecule has 1 fully saturated rings. The van der Waals surface area contributed by atoms with Crippen molar-refractivity contribution in [2.75, 3.05) is 20.2 Å². The Balaban J connectivity index is 1.48. The van der Waals surface area contributed by atoms with E-state index in [0.29, 0.717) is 41.6 Å². The van der Waals surface area contributed by atoms with Crippen LogP contribution in [0.3, 0.4) is 0 Å². The van der Waals surface area contributed by atoms with Crippen molar-refractivity contribution in [2.45, 2.75) is 38.7 Å². The maximum Gasteiger partial charge on any atom is 0.351 e. The van der Waals surface area contributed by atoms with E-state index in [2.05, 4.69) is 29.4 Å². The Hall–Kier alpha value is -3.35. The molecule has 2 aromatic rings. The SMILES string of the molecule is COc1ccc(C2=NOC(C)(C(=O)O)C2C)cc1C(=O)N1CCC(Cc2ccccc2)CC1. The Labute approximate surface area is 194 Å². The molecule has 2 unspecified atom stereocenters. The van der Waals surface area contributed by atoms with Gasteiger partial charge in [0.1, 0.15) is 5.75 Å². The second-order valence-electron chi connectivity index (χ2n) is 9.04. The van der Waals surface area contributed by atoms with Crippen LogP contribution in [-0.4, -0.2) is 53.4 Å². The monoisotopic (exact) mass is 450 g/mol. The first-order valence-electron chi connectivity index (χ1n) is 11.3. The Morgan fingerprint density at radius 3 is 2.48 bits per heavy atom. The minimum absolute atomic E-state index is 0.0833. The van der Waals surface area contributed by atoms with E-state index >= 15 is 0 Å². The van der Waals surface area contributed by atoms with E-state index in [4.69, 9.17) is 9.57 Å². The molecule has 1 N–H and O–H groups in total. The van der Waals surface area contributed by atoms with E-state index in [9.17, 15) is 14.7 Å². The van der Waals surface area contributed by atoms with Crippen LogP contribution in [0.25, 0.3) is 0 Å². The number of likely N-dealkylation sites (tertiary alicyclic amines) is 1. The zero-order valence-corrected chi connectivity index (χ0v) is 19.3. The van der Waals surface area contributed by atoms with Crippen LogP contribution in [0.2, 0.25) is 0 Å². The van der Waals surface area contributed by atoms with Crippen LogP contribution in [0.15, 0.2) is 53.7 Å². The van der Waals surface area contributed by atoms with Crippen LogP contribution in [0.5, 0.6) is 5.75 Å². The Bertz CT molecular complexity index is 1060. The van der Waals surface area contributed by atoms with E-state index in [1.165, 1.54) is 19.6 Å². The average molecular weight is 451 g/mol. The van der Waals surface area contributed by atoms with Crippen molar-refractivity contribution in [1.29, 1.82) is 0 Å². The highest BCUT2D eigenvalue weighted by atomic mass is 16.7. The quantitative estimate of drug-likeness (QED) is 0.719. The predicted octanol–water partition coefficient (Wildman–Crippen LogP) is 4.00. The molecule has 1 saturated heterocycles. The number of hydrogen-bond donors (Lipinski definition) is 1. The summed E-state index contributed by atoms with van der Waals surface area (Å²) >= 11 is 0. The largest absolute Gasteiger partial charge is 0.496 e. The number of ether oxygens (including phenoxy) is 1. The molecule has 0 saturated carbocycles. The molecule has 7 heteroatoms. The van der Waals surface area contributed by atoms with Gasteiger partial charge in [-0.1, -0.05) is 42.4 Å². The average Bonchev–Trinajstić information content (AvgIpc) is 3.15. The number of oxime groups is 1. The Morgan fingerprint density at radius 1 is 1.18 bits per heavy atom. The van der Waals surface area contributed by atoms with Gasteiger partial charge in [-0.25, -0.2) is 4.79 Å². The fourth-order valence-electron chi connectivity index (χ4n) is 4.58. The van der Waals surface area contributed by atoms with Gasteiger partial charge < -0.3 is 19.6 Å². The normalized spacial score (nSPS) is 23.1. The number of carboxylic acid groups (broad SMARTS) is 1. The van der Waals surface area contributed by atoms with Gasteiger partial charge >= 0.3 is 5.97 Å². The summed E-state index contributed by atoms with van der Waals surface area (Å²) in [4.78, 5) is 32.2. The van der Waals surface area contributed by atoms with Gasteiger partial charge in [-0.3, -0.25) is 4.79 Å². The van der Waals surface area contributed by atoms with Crippen molar-refractivity contribution in [2.24, 2.45) is 17.0 Å². The van der Waals surface area contributed by atoms with Crippen LogP contribution in [0, 0.1) is 11.8 Å². The number of amides is 1. The number of hydrogen-bond acceptors (Lipinski definition) is 5. The molecular weight excluding hydrogens is 420 g/mol. The van der Waals surface area contributed by atoms with Crippen LogP contribution < -0.4 is 4.74 Å². The number of rotatable bonds is 6. The fourth-order valence-corrected chi connectivity index (χ4v) is 4.58. The van der Waals surface area contributed by atoms with Crippen molar-refractivity contribution in [3.8, 4) is 5.75 Å². The summed E-state index contributed by atoms with van der Waals surface area (Å²) in [5.74, 6) is -0.579. The molecular formula is C26H30N2O5. The van der Waals surface area contributed by atoms with Crippen molar-refractivity contribution >= 4 is 17.6 Å². The molecule has 33 heavy (non-hydrogen) atoms. The van der Waals surface area contributed by atoms with Crippen LogP contribution in [0.1, 0.15) is 48.2 Å². The summed E-state index contributed by atoms with van der Waals surface area (Å²) in [6, 6.07) is 15.7. The van der Waals surface area contributed by atoms with E-state index in [0.717, 1.165) is 19.3 Å². The molecule has 0 aliphatic carbocycles. The van der Waals surface area contributed by atoms with Crippen molar-refractivity contribution in [3.63, 3.8) is 0 Å². The first kappa shape index (κ1) is 22.8. The van der Waals surface area contributed by atoms with Crippen molar-refractivity contribution < 1.29 is 24.3 Å². The van der Waals surface area contributed by atoms with E-state index in [1.807, 2.05) is 11.0 Å². The number of benzene rings is 2. The van der Waals surface area contributed by atoms with Gasteiger partial charge in [-0.15, -0.1) is 0 Å². The molecule has 2 atom stereocenters. The molecule has 0 aromatic heterocycles. The summed E-state index contributed by atoms with van der Waals surface area (Å²) in [5, 5.41) is 13.6. The highest BCUT2D eigenvalue weighted by Crippen LogP contribution is 2.34. The molecule has 2 aliphatic rings. The molecule has 2 aromatic carbocycles. The van der Waals surface area contributed by atoms with Crippen molar-refractivity contribution in [1.82, 2.24) is 4.90 Å². The van der Waals surface area contributed by atoms with Gasteiger partial charge in [-0.05, 0) is 55.9 Å². The number of carbonyl (C=O) groups excluding carboxylic acids is 1. The lowest BCUT2D eigenvalue weighted by molar-refractivity contribution is -0.163. The zero-order chi connectivity index (χ0) is 23.6. The minimum atomic E-state index is -1.43. The molecule has 0 spiro atoms. The Kier molecular flexibility index (Phi) is 6.40. The summed E-state index contributed by atoms with van der Waals surface area (Å²) in [6.45, 7) is 4.66. The number of aliphatic carboxylic acids is 1. The first-order chi connectivity index (χ1) is 15.8. The highest BCUT2D eigenvalue weighted by molar-refractivity contribution is 6.08. The summed E-state index contributed by atoms with van der Waals surface area (Å²) in [6.07, 6.45) is 2.94. The number of carbonyl (C=O) groups is 2. The highest BCUT2D eigenvalue weighted by Gasteiger charge is 2.49. The second-order valence-corrected chi connectivity index (χ2v) is 9.04. The van der Waals surface area contributed by atoms with Gasteiger partial charge in [0, 0.05) is 18.7 Å². The van der Waals surface area contributed by atoms with Gasteiger partial charge in [0.2, 0.25) is 5.60 Å². The maximum atomic E-state index is 13.4. The number of nitrogens with zero attached hydrogens (tertiary/aromatic N) is 2. The van der Waals surface area contributed by atoms with Gasteiger partial charge in [-0.2, -0.15) is 0 Å². The molecule has 7 nitrogen and oxygen atoms in total. The van der Waals surface area contributed by atoms with E-state index in [1.54, 1.807) is 25.1 Å². The standard InChI is InChI=1S/C26H30N2O5/c1-17-23(27-33-26(17,2)25(30)31)20-9-10-22(32-3)21(16-20)24(29)28-13-11-19(12-14-28)15-18-7-5-4-6-8-18/h4-10,16-17,19H,11-15H2,1-3H3,(H,30,31). The predicted molar refractivity (Wildman–Crippen MR) is 125 cm³/mol. The third kappa shape index (κ3) is 4.45. The van der Waals surface area contributed by atoms with Gasteiger partial charge in [0.05, 0.1) is 24.3 Å². The summed E-state index contributed by atoms with van der Waals surface area (Å²) < 4.78 is 5.47. The number of carboxylic acids is 1. The molecule has 4 rings (SSSR count). The minimum Gasteiger partial charge on any atom is -0.496 e. The number of methoxy groups -OCH3 is 1. The summed E-state index contributed by atoms with van der Waals surface area (Å²) in [7, 11) is 1.54. The van der Waals surface area contributed by atoms with Crippen LogP contribution in [0.4, 0.5) is 0 Å². The molecule has 2 aliphatic heterocycles.